The Morgan fingerprint density at radius 2 is 1.83 bits per heavy atom. The molecular weight excluding hydrogens is 224 g/mol. The summed E-state index contributed by atoms with van der Waals surface area (Å²) in [6, 6.07) is 0.712. The van der Waals surface area contributed by atoms with Gasteiger partial charge in [-0.1, -0.05) is 13.8 Å². The minimum Gasteiger partial charge on any atom is -0.339 e. The SMILES string of the molecule is CC1CC(C(=O)N2CCCC(C)C2C)CCC1N. The Morgan fingerprint density at radius 3 is 2.50 bits per heavy atom. The summed E-state index contributed by atoms with van der Waals surface area (Å²) in [5.41, 5.74) is 6.04. The van der Waals surface area contributed by atoms with Gasteiger partial charge in [-0.05, 0) is 50.9 Å². The van der Waals surface area contributed by atoms with Crippen molar-refractivity contribution in [3.05, 3.63) is 0 Å². The third-order valence-electron chi connectivity index (χ3n) is 5.24. The van der Waals surface area contributed by atoms with Crippen LogP contribution in [0.1, 0.15) is 52.9 Å². The van der Waals surface area contributed by atoms with Crippen LogP contribution in [0.5, 0.6) is 0 Å². The number of carbonyl (C=O) groups is 1. The van der Waals surface area contributed by atoms with Crippen molar-refractivity contribution >= 4 is 5.91 Å². The second kappa shape index (κ2) is 5.60. The van der Waals surface area contributed by atoms with E-state index in [9.17, 15) is 4.79 Å². The molecule has 3 nitrogen and oxygen atoms in total. The predicted molar refractivity (Wildman–Crippen MR) is 74.1 cm³/mol. The first-order valence-corrected chi connectivity index (χ1v) is 7.56. The number of rotatable bonds is 1. The van der Waals surface area contributed by atoms with Gasteiger partial charge in [-0.3, -0.25) is 4.79 Å². The minimum atomic E-state index is 0.229. The molecule has 1 aliphatic carbocycles. The number of hydrogen-bond donors (Lipinski definition) is 1. The first-order chi connectivity index (χ1) is 8.50. The van der Waals surface area contributed by atoms with E-state index in [-0.39, 0.29) is 5.92 Å². The van der Waals surface area contributed by atoms with Gasteiger partial charge in [0.05, 0.1) is 0 Å². The Labute approximate surface area is 111 Å². The molecular formula is C15H28N2O. The van der Waals surface area contributed by atoms with Crippen molar-refractivity contribution in [2.45, 2.75) is 65.0 Å². The fourth-order valence-electron chi connectivity index (χ4n) is 3.52. The molecule has 1 saturated heterocycles. The van der Waals surface area contributed by atoms with Crippen LogP contribution in [0.25, 0.3) is 0 Å². The van der Waals surface area contributed by atoms with E-state index in [1.165, 1.54) is 12.8 Å². The number of piperidine rings is 1. The molecule has 1 amide bonds. The second-order valence-corrected chi connectivity index (χ2v) is 6.54. The third kappa shape index (κ3) is 2.71. The van der Waals surface area contributed by atoms with E-state index in [2.05, 4.69) is 25.7 Å². The lowest BCUT2D eigenvalue weighted by atomic mass is 9.78. The van der Waals surface area contributed by atoms with Gasteiger partial charge in [-0.2, -0.15) is 0 Å². The molecule has 0 aromatic rings. The van der Waals surface area contributed by atoms with Gasteiger partial charge in [-0.25, -0.2) is 0 Å². The van der Waals surface area contributed by atoms with Gasteiger partial charge in [0.15, 0.2) is 0 Å². The van der Waals surface area contributed by atoms with E-state index in [4.69, 9.17) is 5.73 Å². The maximum absolute atomic E-state index is 12.6. The molecule has 5 unspecified atom stereocenters. The molecule has 0 spiro atoms. The maximum Gasteiger partial charge on any atom is 0.225 e. The van der Waals surface area contributed by atoms with E-state index in [1.54, 1.807) is 0 Å². The molecule has 18 heavy (non-hydrogen) atoms. The zero-order valence-corrected chi connectivity index (χ0v) is 12.1. The molecule has 5 atom stereocenters. The lowest BCUT2D eigenvalue weighted by Gasteiger charge is -2.41. The quantitative estimate of drug-likeness (QED) is 0.779. The molecule has 2 N–H and O–H groups in total. The van der Waals surface area contributed by atoms with Crippen molar-refractivity contribution in [1.82, 2.24) is 4.90 Å². The molecule has 0 bridgehead atoms. The lowest BCUT2D eigenvalue weighted by Crippen LogP contribution is -2.50. The van der Waals surface area contributed by atoms with Gasteiger partial charge >= 0.3 is 0 Å². The molecule has 0 radical (unpaired) electrons. The lowest BCUT2D eigenvalue weighted by molar-refractivity contribution is -0.141. The van der Waals surface area contributed by atoms with E-state index in [1.807, 2.05) is 0 Å². The Bertz CT molecular complexity index is 305. The molecule has 104 valence electrons. The Kier molecular flexibility index (Phi) is 4.31. The highest BCUT2D eigenvalue weighted by Crippen LogP contribution is 2.32. The minimum absolute atomic E-state index is 0.229. The highest BCUT2D eigenvalue weighted by molar-refractivity contribution is 5.79. The predicted octanol–water partition coefficient (Wildman–Crippen LogP) is 2.40. The van der Waals surface area contributed by atoms with Crippen LogP contribution in [0.4, 0.5) is 0 Å². The highest BCUT2D eigenvalue weighted by atomic mass is 16.2. The average molecular weight is 252 g/mol. The maximum atomic E-state index is 12.6. The van der Waals surface area contributed by atoms with Crippen LogP contribution in [-0.2, 0) is 4.79 Å². The van der Waals surface area contributed by atoms with Crippen LogP contribution >= 0.6 is 0 Å². The van der Waals surface area contributed by atoms with E-state index >= 15 is 0 Å². The highest BCUT2D eigenvalue weighted by Gasteiger charge is 2.35. The molecule has 1 saturated carbocycles. The standard InChI is InChI=1S/C15H28N2O/c1-10-5-4-8-17(12(10)3)15(18)13-6-7-14(16)11(2)9-13/h10-14H,4-9,16H2,1-3H3. The Morgan fingerprint density at radius 1 is 1.11 bits per heavy atom. The summed E-state index contributed by atoms with van der Waals surface area (Å²) in [5, 5.41) is 0. The van der Waals surface area contributed by atoms with E-state index in [0.29, 0.717) is 29.8 Å². The Hall–Kier alpha value is -0.570. The monoisotopic (exact) mass is 252 g/mol. The van der Waals surface area contributed by atoms with E-state index < -0.39 is 0 Å². The van der Waals surface area contributed by atoms with Gasteiger partial charge in [-0.15, -0.1) is 0 Å². The molecule has 2 rings (SSSR count). The number of carbonyl (C=O) groups excluding carboxylic acids is 1. The second-order valence-electron chi connectivity index (χ2n) is 6.54. The molecule has 2 aliphatic rings. The van der Waals surface area contributed by atoms with E-state index in [0.717, 1.165) is 25.8 Å². The third-order valence-corrected chi connectivity index (χ3v) is 5.24. The molecule has 0 aromatic heterocycles. The topological polar surface area (TPSA) is 46.3 Å². The summed E-state index contributed by atoms with van der Waals surface area (Å²) in [6.45, 7) is 7.62. The summed E-state index contributed by atoms with van der Waals surface area (Å²) in [5.74, 6) is 1.76. The largest absolute Gasteiger partial charge is 0.339 e. The first kappa shape index (κ1) is 13.9. The first-order valence-electron chi connectivity index (χ1n) is 7.56. The van der Waals surface area contributed by atoms with Crippen LogP contribution in [0.15, 0.2) is 0 Å². The molecule has 0 aromatic carbocycles. The van der Waals surface area contributed by atoms with Gasteiger partial charge in [0.2, 0.25) is 5.91 Å². The number of amides is 1. The fraction of sp³-hybridized carbons (Fsp3) is 0.933. The normalized spacial score (nSPS) is 41.8. The molecule has 1 heterocycles. The summed E-state index contributed by atoms with van der Waals surface area (Å²) < 4.78 is 0. The van der Waals surface area contributed by atoms with Gasteiger partial charge in [0.1, 0.15) is 0 Å². The van der Waals surface area contributed by atoms with Crippen molar-refractivity contribution in [2.75, 3.05) is 6.54 Å². The zero-order valence-electron chi connectivity index (χ0n) is 12.1. The van der Waals surface area contributed by atoms with Crippen LogP contribution in [-0.4, -0.2) is 29.4 Å². The average Bonchev–Trinajstić information content (AvgIpc) is 2.35. The van der Waals surface area contributed by atoms with Crippen molar-refractivity contribution in [1.29, 1.82) is 0 Å². The number of nitrogens with two attached hydrogens (primary N) is 1. The number of hydrogen-bond acceptors (Lipinski definition) is 2. The van der Waals surface area contributed by atoms with Crippen molar-refractivity contribution in [3.8, 4) is 0 Å². The van der Waals surface area contributed by atoms with Crippen LogP contribution < -0.4 is 5.73 Å². The summed E-state index contributed by atoms with van der Waals surface area (Å²) >= 11 is 0. The van der Waals surface area contributed by atoms with Gasteiger partial charge in [0.25, 0.3) is 0 Å². The summed E-state index contributed by atoms with van der Waals surface area (Å²) in [4.78, 5) is 14.8. The van der Waals surface area contributed by atoms with Crippen molar-refractivity contribution in [3.63, 3.8) is 0 Å². The summed E-state index contributed by atoms with van der Waals surface area (Å²) in [7, 11) is 0. The van der Waals surface area contributed by atoms with Crippen LogP contribution in [0.3, 0.4) is 0 Å². The number of nitrogens with zero attached hydrogens (tertiary/aromatic N) is 1. The molecule has 3 heteroatoms. The van der Waals surface area contributed by atoms with Gasteiger partial charge in [0, 0.05) is 24.5 Å². The summed E-state index contributed by atoms with van der Waals surface area (Å²) in [6.07, 6.45) is 5.41. The van der Waals surface area contributed by atoms with Gasteiger partial charge < -0.3 is 10.6 Å². The van der Waals surface area contributed by atoms with Crippen LogP contribution in [0, 0.1) is 17.8 Å². The molecule has 2 fully saturated rings. The molecule has 1 aliphatic heterocycles. The zero-order chi connectivity index (χ0) is 13.3. The van der Waals surface area contributed by atoms with Crippen molar-refractivity contribution < 1.29 is 4.79 Å². The van der Waals surface area contributed by atoms with Crippen LogP contribution in [0.2, 0.25) is 0 Å². The Balaban J connectivity index is 1.98. The number of likely N-dealkylation sites (tertiary alicyclic amines) is 1. The fourth-order valence-corrected chi connectivity index (χ4v) is 3.52. The van der Waals surface area contributed by atoms with Crippen molar-refractivity contribution in [2.24, 2.45) is 23.5 Å². The smallest absolute Gasteiger partial charge is 0.225 e.